The van der Waals surface area contributed by atoms with Gasteiger partial charge in [-0.1, -0.05) is 22.0 Å². The fourth-order valence-corrected chi connectivity index (χ4v) is 1.58. The molecule has 3 heteroatoms. The highest BCUT2D eigenvalue weighted by molar-refractivity contribution is 9.10. The van der Waals surface area contributed by atoms with Gasteiger partial charge in [0.1, 0.15) is 0 Å². The Bertz CT molecular complexity index is 312. The van der Waals surface area contributed by atoms with Gasteiger partial charge in [-0.05, 0) is 31.5 Å². The number of rotatable bonds is 3. The predicted octanol–water partition coefficient (Wildman–Crippen LogP) is 2.54. The molecule has 0 aromatic heterocycles. The molecule has 1 aromatic carbocycles. The molecular weight excluding hydrogens is 240 g/mol. The summed E-state index contributed by atoms with van der Waals surface area (Å²) in [4.78, 5) is 2.18. The minimum atomic E-state index is 0.365. The molecular formula is C11H17BrN2. The Morgan fingerprint density at radius 3 is 2.64 bits per heavy atom. The number of hydrogen-bond donors (Lipinski definition) is 1. The summed E-state index contributed by atoms with van der Waals surface area (Å²) < 4.78 is 1.14. The van der Waals surface area contributed by atoms with Gasteiger partial charge >= 0.3 is 0 Å². The van der Waals surface area contributed by atoms with E-state index < -0.39 is 0 Å². The van der Waals surface area contributed by atoms with Crippen molar-refractivity contribution in [2.75, 3.05) is 18.5 Å². The second-order valence-electron chi connectivity index (χ2n) is 3.63. The molecule has 0 spiro atoms. The first-order valence-corrected chi connectivity index (χ1v) is 5.54. The Morgan fingerprint density at radius 1 is 1.50 bits per heavy atom. The molecule has 78 valence electrons. The van der Waals surface area contributed by atoms with Crippen molar-refractivity contribution in [3.63, 3.8) is 0 Å². The first-order valence-electron chi connectivity index (χ1n) is 4.75. The van der Waals surface area contributed by atoms with Crippen molar-refractivity contribution in [2.45, 2.75) is 19.9 Å². The zero-order valence-electron chi connectivity index (χ0n) is 8.92. The lowest BCUT2D eigenvalue weighted by atomic mass is 10.2. The maximum Gasteiger partial charge on any atom is 0.0380 e. The summed E-state index contributed by atoms with van der Waals surface area (Å²) in [6, 6.07) is 6.72. The molecule has 0 aliphatic heterocycles. The van der Waals surface area contributed by atoms with Crippen LogP contribution >= 0.6 is 15.9 Å². The molecule has 0 aliphatic rings. The van der Waals surface area contributed by atoms with Crippen LogP contribution in [-0.2, 0) is 0 Å². The fourth-order valence-electron chi connectivity index (χ4n) is 1.21. The van der Waals surface area contributed by atoms with E-state index in [4.69, 9.17) is 5.73 Å². The van der Waals surface area contributed by atoms with Gasteiger partial charge in [-0.2, -0.15) is 0 Å². The predicted molar refractivity (Wildman–Crippen MR) is 65.8 cm³/mol. The van der Waals surface area contributed by atoms with Crippen LogP contribution in [0.4, 0.5) is 5.69 Å². The number of likely N-dealkylation sites (N-methyl/N-ethyl adjacent to an activating group) is 1. The van der Waals surface area contributed by atoms with E-state index in [9.17, 15) is 0 Å². The highest BCUT2D eigenvalue weighted by atomic mass is 79.9. The third kappa shape index (κ3) is 2.49. The average molecular weight is 257 g/mol. The van der Waals surface area contributed by atoms with Crippen molar-refractivity contribution >= 4 is 21.6 Å². The highest BCUT2D eigenvalue weighted by Gasteiger charge is 2.08. The zero-order valence-corrected chi connectivity index (χ0v) is 10.5. The maximum absolute atomic E-state index is 5.62. The number of anilines is 1. The van der Waals surface area contributed by atoms with E-state index in [0.29, 0.717) is 12.6 Å². The van der Waals surface area contributed by atoms with Crippen LogP contribution in [0.3, 0.4) is 0 Å². The number of halogens is 1. The summed E-state index contributed by atoms with van der Waals surface area (Å²) in [5.41, 5.74) is 8.07. The number of aryl methyl sites for hydroxylation is 1. The molecule has 14 heavy (non-hydrogen) atoms. The monoisotopic (exact) mass is 256 g/mol. The van der Waals surface area contributed by atoms with Gasteiger partial charge in [-0.3, -0.25) is 0 Å². The summed E-state index contributed by atoms with van der Waals surface area (Å²) in [7, 11) is 2.06. The first kappa shape index (κ1) is 11.5. The third-order valence-corrected chi connectivity index (χ3v) is 3.42. The summed E-state index contributed by atoms with van der Waals surface area (Å²) in [5.74, 6) is 0. The van der Waals surface area contributed by atoms with Crippen molar-refractivity contribution < 1.29 is 0 Å². The van der Waals surface area contributed by atoms with E-state index in [-0.39, 0.29) is 0 Å². The van der Waals surface area contributed by atoms with Crippen LogP contribution in [0.15, 0.2) is 22.7 Å². The summed E-state index contributed by atoms with van der Waals surface area (Å²) in [5, 5.41) is 0. The standard InChI is InChI=1S/C11H17BrN2/c1-8-4-5-10(6-11(8)12)14(3)9(2)7-13/h4-6,9H,7,13H2,1-3H3. The molecule has 1 aromatic rings. The van der Waals surface area contributed by atoms with Gasteiger partial charge in [-0.15, -0.1) is 0 Å². The van der Waals surface area contributed by atoms with Crippen molar-refractivity contribution in [1.29, 1.82) is 0 Å². The van der Waals surface area contributed by atoms with Gasteiger partial charge in [0, 0.05) is 29.8 Å². The Balaban J connectivity index is 2.91. The number of benzene rings is 1. The van der Waals surface area contributed by atoms with Crippen LogP contribution in [0.5, 0.6) is 0 Å². The van der Waals surface area contributed by atoms with Crippen LogP contribution in [0, 0.1) is 6.92 Å². The number of nitrogens with two attached hydrogens (primary N) is 1. The van der Waals surface area contributed by atoms with Gasteiger partial charge in [0.2, 0.25) is 0 Å². The van der Waals surface area contributed by atoms with Crippen LogP contribution in [0.25, 0.3) is 0 Å². The molecule has 0 aliphatic carbocycles. The largest absolute Gasteiger partial charge is 0.371 e. The molecule has 1 rings (SSSR count). The van der Waals surface area contributed by atoms with E-state index >= 15 is 0 Å². The molecule has 2 nitrogen and oxygen atoms in total. The first-order chi connectivity index (χ1) is 6.56. The number of hydrogen-bond acceptors (Lipinski definition) is 2. The van der Waals surface area contributed by atoms with E-state index in [0.717, 1.165) is 4.47 Å². The maximum atomic E-state index is 5.62. The lowest BCUT2D eigenvalue weighted by molar-refractivity contribution is 0.695. The van der Waals surface area contributed by atoms with Crippen LogP contribution in [0.2, 0.25) is 0 Å². The van der Waals surface area contributed by atoms with Crippen molar-refractivity contribution in [3.8, 4) is 0 Å². The summed E-state index contributed by atoms with van der Waals surface area (Å²) in [6.07, 6.45) is 0. The second-order valence-corrected chi connectivity index (χ2v) is 4.48. The summed E-state index contributed by atoms with van der Waals surface area (Å²) in [6.45, 7) is 4.87. The molecule has 0 saturated heterocycles. The molecule has 0 fully saturated rings. The molecule has 1 unspecified atom stereocenters. The molecule has 0 saturated carbocycles. The Hall–Kier alpha value is -0.540. The highest BCUT2D eigenvalue weighted by Crippen LogP contribution is 2.23. The van der Waals surface area contributed by atoms with Crippen molar-refractivity contribution in [1.82, 2.24) is 0 Å². The quantitative estimate of drug-likeness (QED) is 0.901. The SMILES string of the molecule is Cc1ccc(N(C)C(C)CN)cc1Br. The molecule has 2 N–H and O–H groups in total. The van der Waals surface area contributed by atoms with Gasteiger partial charge < -0.3 is 10.6 Å². The zero-order chi connectivity index (χ0) is 10.7. The van der Waals surface area contributed by atoms with E-state index in [1.807, 2.05) is 0 Å². The normalized spacial score (nSPS) is 12.6. The van der Waals surface area contributed by atoms with Gasteiger partial charge in [0.05, 0.1) is 0 Å². The van der Waals surface area contributed by atoms with Crippen molar-refractivity contribution in [2.24, 2.45) is 5.73 Å². The Morgan fingerprint density at radius 2 is 2.14 bits per heavy atom. The molecule has 1 atom stereocenters. The lowest BCUT2D eigenvalue weighted by Crippen LogP contribution is -2.35. The molecule has 0 bridgehead atoms. The summed E-state index contributed by atoms with van der Waals surface area (Å²) >= 11 is 3.53. The average Bonchev–Trinajstić information content (AvgIpc) is 2.20. The lowest BCUT2D eigenvalue weighted by Gasteiger charge is -2.26. The molecule has 0 amide bonds. The van der Waals surface area contributed by atoms with Crippen LogP contribution < -0.4 is 10.6 Å². The molecule has 0 heterocycles. The van der Waals surface area contributed by atoms with Crippen molar-refractivity contribution in [3.05, 3.63) is 28.2 Å². The van der Waals surface area contributed by atoms with E-state index in [1.165, 1.54) is 11.3 Å². The Labute approximate surface area is 94.2 Å². The minimum Gasteiger partial charge on any atom is -0.371 e. The molecule has 0 radical (unpaired) electrons. The van der Waals surface area contributed by atoms with Gasteiger partial charge in [-0.25, -0.2) is 0 Å². The van der Waals surface area contributed by atoms with E-state index in [2.05, 4.69) is 59.9 Å². The Kier molecular flexibility index (Phi) is 3.96. The van der Waals surface area contributed by atoms with Crippen LogP contribution in [-0.4, -0.2) is 19.6 Å². The number of nitrogens with zero attached hydrogens (tertiary/aromatic N) is 1. The third-order valence-electron chi connectivity index (χ3n) is 2.56. The van der Waals surface area contributed by atoms with Gasteiger partial charge in [0.15, 0.2) is 0 Å². The smallest absolute Gasteiger partial charge is 0.0380 e. The van der Waals surface area contributed by atoms with E-state index in [1.54, 1.807) is 0 Å². The van der Waals surface area contributed by atoms with Gasteiger partial charge in [0.25, 0.3) is 0 Å². The topological polar surface area (TPSA) is 29.3 Å². The minimum absolute atomic E-state index is 0.365. The second kappa shape index (κ2) is 4.80. The fraction of sp³-hybridized carbons (Fsp3) is 0.455. The van der Waals surface area contributed by atoms with Crippen LogP contribution in [0.1, 0.15) is 12.5 Å².